The highest BCUT2D eigenvalue weighted by Crippen LogP contribution is 2.16. The minimum absolute atomic E-state index is 0. The van der Waals surface area contributed by atoms with Gasteiger partial charge in [-0.2, -0.15) is 0 Å². The number of quaternary nitrogens is 1. The number of aliphatic hydroxyl groups excluding tert-OH is 1. The van der Waals surface area contributed by atoms with Crippen LogP contribution in [0, 0.1) is 0 Å². The number of amides is 1. The summed E-state index contributed by atoms with van der Waals surface area (Å²) in [4.78, 5) is 15.5. The van der Waals surface area contributed by atoms with E-state index in [0.29, 0.717) is 24.7 Å². The molecule has 0 saturated carbocycles. The number of carbonyl (C=O) groups excluding carboxylic acids is 1. The first-order chi connectivity index (χ1) is 13.6. The molecule has 1 aliphatic heterocycles. The Hall–Kier alpha value is -2.05. The molecule has 0 spiro atoms. The number of nitrogens with zero attached hydrogens (tertiary/aromatic N) is 1. The molecule has 156 valence electrons. The molecule has 5 nitrogen and oxygen atoms in total. The van der Waals surface area contributed by atoms with E-state index in [1.165, 1.54) is 4.90 Å². The molecule has 2 aromatic rings. The summed E-state index contributed by atoms with van der Waals surface area (Å²) in [6.45, 7) is 3.86. The van der Waals surface area contributed by atoms with Gasteiger partial charge in [0, 0.05) is 11.1 Å². The van der Waals surface area contributed by atoms with Crippen LogP contribution in [0.2, 0.25) is 5.02 Å². The van der Waals surface area contributed by atoms with Crippen molar-refractivity contribution in [2.24, 2.45) is 0 Å². The first kappa shape index (κ1) is 23.2. The molecule has 29 heavy (non-hydrogen) atoms. The van der Waals surface area contributed by atoms with Crippen molar-refractivity contribution in [1.29, 1.82) is 0 Å². The van der Waals surface area contributed by atoms with Crippen molar-refractivity contribution >= 4 is 23.6 Å². The molecule has 0 aliphatic carbocycles. The predicted octanol–water partition coefficient (Wildman–Crippen LogP) is -1.48. The van der Waals surface area contributed by atoms with Crippen LogP contribution in [0.1, 0.15) is 5.56 Å². The molecule has 0 radical (unpaired) electrons. The van der Waals surface area contributed by atoms with Crippen LogP contribution < -0.4 is 22.0 Å². The predicted molar refractivity (Wildman–Crippen MR) is 111 cm³/mol. The molecule has 7 heteroatoms. The van der Waals surface area contributed by atoms with Crippen molar-refractivity contribution < 1.29 is 31.9 Å². The number of aliphatic hydroxyl groups is 1. The SMILES string of the molecule is O=C(/C=C/c1ccccc1Cl)N1CC[NH+](CC(O)COc2ccccc2)CC1.[Cl-]. The Bertz CT molecular complexity index is 794. The maximum atomic E-state index is 12.4. The lowest BCUT2D eigenvalue weighted by molar-refractivity contribution is -0.907. The fourth-order valence-electron chi connectivity index (χ4n) is 3.23. The zero-order chi connectivity index (χ0) is 19.8. The third kappa shape index (κ3) is 7.37. The van der Waals surface area contributed by atoms with Gasteiger partial charge >= 0.3 is 0 Å². The normalized spacial score (nSPS) is 15.7. The maximum absolute atomic E-state index is 12.4. The van der Waals surface area contributed by atoms with Crippen LogP contribution in [0.15, 0.2) is 60.7 Å². The zero-order valence-corrected chi connectivity index (χ0v) is 17.6. The molecule has 2 N–H and O–H groups in total. The van der Waals surface area contributed by atoms with Crippen molar-refractivity contribution in [1.82, 2.24) is 4.90 Å². The van der Waals surface area contributed by atoms with E-state index in [9.17, 15) is 9.90 Å². The molecule has 1 heterocycles. The third-order valence-electron chi connectivity index (χ3n) is 4.80. The molecule has 1 unspecified atom stereocenters. The monoisotopic (exact) mass is 436 g/mol. The van der Waals surface area contributed by atoms with Crippen molar-refractivity contribution in [2.45, 2.75) is 6.10 Å². The summed E-state index contributed by atoms with van der Waals surface area (Å²) in [7, 11) is 0. The Kier molecular flexibility index (Phi) is 9.48. The molecular formula is C22H26Cl2N2O3. The molecule has 1 saturated heterocycles. The van der Waals surface area contributed by atoms with Gasteiger partial charge in [0.1, 0.15) is 25.0 Å². The van der Waals surface area contributed by atoms with Gasteiger partial charge < -0.3 is 32.1 Å². The number of hydrogen-bond acceptors (Lipinski definition) is 3. The number of ether oxygens (including phenoxy) is 1. The van der Waals surface area contributed by atoms with Gasteiger partial charge in [-0.1, -0.05) is 48.0 Å². The van der Waals surface area contributed by atoms with E-state index in [2.05, 4.69) is 0 Å². The van der Waals surface area contributed by atoms with Crippen LogP contribution in [0.3, 0.4) is 0 Å². The van der Waals surface area contributed by atoms with E-state index >= 15 is 0 Å². The number of piperazine rings is 1. The molecule has 0 aromatic heterocycles. The summed E-state index contributed by atoms with van der Waals surface area (Å²) < 4.78 is 5.60. The summed E-state index contributed by atoms with van der Waals surface area (Å²) >= 11 is 6.11. The molecule has 1 aliphatic rings. The molecule has 1 amide bonds. The number of para-hydroxylation sites is 1. The van der Waals surface area contributed by atoms with Gasteiger partial charge in [-0.3, -0.25) is 4.79 Å². The van der Waals surface area contributed by atoms with Gasteiger partial charge in [-0.05, 0) is 29.8 Å². The largest absolute Gasteiger partial charge is 1.00 e. The molecule has 0 bridgehead atoms. The highest BCUT2D eigenvalue weighted by molar-refractivity contribution is 6.32. The van der Waals surface area contributed by atoms with Crippen LogP contribution in [0.25, 0.3) is 6.08 Å². The lowest BCUT2D eigenvalue weighted by Gasteiger charge is -2.32. The van der Waals surface area contributed by atoms with E-state index in [1.807, 2.05) is 53.4 Å². The quantitative estimate of drug-likeness (QED) is 0.520. The van der Waals surface area contributed by atoms with E-state index in [4.69, 9.17) is 16.3 Å². The summed E-state index contributed by atoms with van der Waals surface area (Å²) in [5.41, 5.74) is 0.836. The zero-order valence-electron chi connectivity index (χ0n) is 16.1. The van der Waals surface area contributed by atoms with Crippen LogP contribution >= 0.6 is 11.6 Å². The Morgan fingerprint density at radius 3 is 2.48 bits per heavy atom. The van der Waals surface area contributed by atoms with E-state index in [-0.39, 0.29) is 24.9 Å². The van der Waals surface area contributed by atoms with Gasteiger partial charge in [0.15, 0.2) is 0 Å². The van der Waals surface area contributed by atoms with Crippen LogP contribution in [-0.4, -0.2) is 61.3 Å². The first-order valence-electron chi connectivity index (χ1n) is 9.53. The summed E-state index contributed by atoms with van der Waals surface area (Å²) in [6, 6.07) is 16.9. The summed E-state index contributed by atoms with van der Waals surface area (Å²) in [6.07, 6.45) is 2.81. The Labute approximate surface area is 182 Å². The number of hydrogen-bond donors (Lipinski definition) is 2. The van der Waals surface area contributed by atoms with E-state index in [0.717, 1.165) is 24.4 Å². The van der Waals surface area contributed by atoms with Crippen molar-refractivity contribution in [3.05, 3.63) is 71.3 Å². The third-order valence-corrected chi connectivity index (χ3v) is 5.15. The molecular weight excluding hydrogens is 411 g/mol. The topological polar surface area (TPSA) is 54.2 Å². The fraction of sp³-hybridized carbons (Fsp3) is 0.318. The standard InChI is InChI=1S/C22H25ClN2O3.ClH/c23-21-9-5-4-6-18(21)10-11-22(27)25-14-12-24(13-15-25)16-19(26)17-28-20-7-2-1-3-8-20;/h1-11,19,26H,12-17H2;1H/b11-10+;. The van der Waals surface area contributed by atoms with Gasteiger partial charge in [0.05, 0.1) is 26.2 Å². The molecule has 1 atom stereocenters. The summed E-state index contributed by atoms with van der Waals surface area (Å²) in [5, 5.41) is 10.9. The first-order valence-corrected chi connectivity index (χ1v) is 9.90. The van der Waals surface area contributed by atoms with E-state index in [1.54, 1.807) is 18.2 Å². The minimum Gasteiger partial charge on any atom is -1.00 e. The number of carbonyl (C=O) groups is 1. The maximum Gasteiger partial charge on any atom is 0.246 e. The molecule has 2 aromatic carbocycles. The minimum atomic E-state index is -0.530. The van der Waals surface area contributed by atoms with Gasteiger partial charge in [-0.25, -0.2) is 0 Å². The molecule has 1 fully saturated rings. The number of rotatable bonds is 7. The lowest BCUT2D eigenvalue weighted by Crippen LogP contribution is -3.15. The van der Waals surface area contributed by atoms with Crippen molar-refractivity contribution in [3.63, 3.8) is 0 Å². The smallest absolute Gasteiger partial charge is 0.246 e. The lowest BCUT2D eigenvalue weighted by atomic mass is 10.2. The highest BCUT2D eigenvalue weighted by Gasteiger charge is 2.24. The number of halogens is 2. The van der Waals surface area contributed by atoms with E-state index < -0.39 is 6.10 Å². The molecule has 3 rings (SSSR count). The average Bonchev–Trinajstić information content (AvgIpc) is 2.73. The second kappa shape index (κ2) is 11.8. The van der Waals surface area contributed by atoms with Crippen LogP contribution in [0.4, 0.5) is 0 Å². The van der Waals surface area contributed by atoms with Gasteiger partial charge in [0.25, 0.3) is 0 Å². The van der Waals surface area contributed by atoms with Crippen LogP contribution in [-0.2, 0) is 4.79 Å². The second-order valence-electron chi connectivity index (χ2n) is 6.91. The van der Waals surface area contributed by atoms with Crippen molar-refractivity contribution in [2.75, 3.05) is 39.3 Å². The number of nitrogens with one attached hydrogen (secondary N) is 1. The Morgan fingerprint density at radius 1 is 1.14 bits per heavy atom. The van der Waals surface area contributed by atoms with Crippen LogP contribution in [0.5, 0.6) is 5.75 Å². The Morgan fingerprint density at radius 2 is 1.79 bits per heavy atom. The van der Waals surface area contributed by atoms with Gasteiger partial charge in [0.2, 0.25) is 5.91 Å². The fourth-order valence-corrected chi connectivity index (χ4v) is 3.42. The van der Waals surface area contributed by atoms with Crippen molar-refractivity contribution in [3.8, 4) is 5.75 Å². The highest BCUT2D eigenvalue weighted by atomic mass is 35.5. The number of benzene rings is 2. The summed E-state index contributed by atoms with van der Waals surface area (Å²) in [5.74, 6) is 0.754. The average molecular weight is 437 g/mol. The van der Waals surface area contributed by atoms with Gasteiger partial charge in [-0.15, -0.1) is 0 Å². The Balaban J connectivity index is 0.00000300. The second-order valence-corrected chi connectivity index (χ2v) is 7.32.